The summed E-state index contributed by atoms with van der Waals surface area (Å²) < 4.78 is 31.1. The Morgan fingerprint density at radius 3 is 2.62 bits per heavy atom. The van der Waals surface area contributed by atoms with E-state index in [1.54, 1.807) is 24.3 Å². The molecule has 0 fully saturated rings. The van der Waals surface area contributed by atoms with Gasteiger partial charge >= 0.3 is 0 Å². The fourth-order valence-corrected chi connectivity index (χ4v) is 3.90. The van der Waals surface area contributed by atoms with E-state index in [4.69, 9.17) is 0 Å². The lowest BCUT2D eigenvalue weighted by molar-refractivity contribution is -0.116. The van der Waals surface area contributed by atoms with Crippen LogP contribution in [0.15, 0.2) is 48.5 Å². The molecule has 0 bridgehead atoms. The fourth-order valence-electron chi connectivity index (χ4n) is 2.93. The molecule has 0 radical (unpaired) electrons. The van der Waals surface area contributed by atoms with Gasteiger partial charge in [0.25, 0.3) is 0 Å². The number of amides is 1. The van der Waals surface area contributed by atoms with Gasteiger partial charge in [-0.3, -0.25) is 4.79 Å². The highest BCUT2D eigenvalue weighted by Gasteiger charge is 2.31. The molecule has 120 valence electrons. The summed E-state index contributed by atoms with van der Waals surface area (Å²) in [6.45, 7) is 0. The highest BCUT2D eigenvalue weighted by molar-refractivity contribution is 7.07. The Kier molecular flexibility index (Phi) is 3.61. The predicted molar refractivity (Wildman–Crippen MR) is 89.0 cm³/mol. The van der Waals surface area contributed by atoms with E-state index in [1.807, 2.05) is 0 Å². The van der Waals surface area contributed by atoms with Crippen molar-refractivity contribution in [2.45, 2.75) is 12.3 Å². The van der Waals surface area contributed by atoms with E-state index in [0.29, 0.717) is 16.9 Å². The molecule has 1 aliphatic rings. The number of hydrogen-bond donors (Lipinski definition) is 1. The standard InChI is InChI=1S/C18H12F2N2OS/c19-12-6-4-10(5-7-12)14-9-15(23)21-17-16(22-24-18(14)17)11-2-1-3-13(20)8-11/h1-8,14H,9H2,(H,21,23)/t14-/m0/s1. The first-order chi connectivity index (χ1) is 11.6. The Balaban J connectivity index is 1.81. The lowest BCUT2D eigenvalue weighted by atomic mass is 9.89. The number of carbonyl (C=O) groups excluding carboxylic acids is 1. The number of rotatable bonds is 2. The van der Waals surface area contributed by atoms with E-state index in [1.165, 1.54) is 35.8 Å². The summed E-state index contributed by atoms with van der Waals surface area (Å²) in [7, 11) is 0. The molecule has 1 amide bonds. The molecular weight excluding hydrogens is 330 g/mol. The van der Waals surface area contributed by atoms with Gasteiger partial charge in [-0.05, 0) is 41.4 Å². The van der Waals surface area contributed by atoms with Crippen LogP contribution in [-0.4, -0.2) is 10.3 Å². The predicted octanol–water partition coefficient (Wildman–Crippen LogP) is 4.56. The van der Waals surface area contributed by atoms with Crippen molar-refractivity contribution < 1.29 is 13.6 Å². The van der Waals surface area contributed by atoms with Gasteiger partial charge in [-0.15, -0.1) is 0 Å². The molecule has 0 saturated carbocycles. The monoisotopic (exact) mass is 342 g/mol. The molecule has 3 aromatic rings. The number of halogens is 2. The summed E-state index contributed by atoms with van der Waals surface area (Å²) in [6, 6.07) is 12.3. The maximum absolute atomic E-state index is 13.5. The Bertz CT molecular complexity index is 921. The summed E-state index contributed by atoms with van der Waals surface area (Å²) in [5, 5.41) is 2.85. The summed E-state index contributed by atoms with van der Waals surface area (Å²) in [6.07, 6.45) is 0.281. The molecule has 4 rings (SSSR count). The van der Waals surface area contributed by atoms with Gasteiger partial charge in [0.15, 0.2) is 0 Å². The van der Waals surface area contributed by atoms with Gasteiger partial charge < -0.3 is 5.32 Å². The van der Waals surface area contributed by atoms with Crippen LogP contribution in [0, 0.1) is 11.6 Å². The zero-order chi connectivity index (χ0) is 16.7. The number of fused-ring (bicyclic) bond motifs is 1. The van der Waals surface area contributed by atoms with Crippen LogP contribution < -0.4 is 5.32 Å². The van der Waals surface area contributed by atoms with Crippen LogP contribution in [0.4, 0.5) is 14.5 Å². The van der Waals surface area contributed by atoms with Crippen molar-refractivity contribution in [1.29, 1.82) is 0 Å². The molecule has 0 spiro atoms. The maximum atomic E-state index is 13.5. The van der Waals surface area contributed by atoms with Gasteiger partial charge in [-0.1, -0.05) is 24.3 Å². The van der Waals surface area contributed by atoms with E-state index in [0.717, 1.165) is 10.4 Å². The molecule has 1 aromatic heterocycles. The molecule has 3 nitrogen and oxygen atoms in total. The molecular formula is C18H12F2N2OS. The zero-order valence-corrected chi connectivity index (χ0v) is 13.2. The minimum Gasteiger partial charge on any atom is -0.323 e. The molecule has 2 aromatic carbocycles. The number of hydrogen-bond acceptors (Lipinski definition) is 3. The summed E-state index contributed by atoms with van der Waals surface area (Å²) >= 11 is 1.28. The van der Waals surface area contributed by atoms with E-state index < -0.39 is 0 Å². The number of benzene rings is 2. The van der Waals surface area contributed by atoms with E-state index in [-0.39, 0.29) is 29.9 Å². The summed E-state index contributed by atoms with van der Waals surface area (Å²) in [5.74, 6) is -0.973. The molecule has 2 heterocycles. The van der Waals surface area contributed by atoms with Gasteiger partial charge in [-0.25, -0.2) is 8.78 Å². The van der Waals surface area contributed by atoms with Crippen LogP contribution in [-0.2, 0) is 4.79 Å². The largest absolute Gasteiger partial charge is 0.323 e. The minimum absolute atomic E-state index is 0.130. The first-order valence-corrected chi connectivity index (χ1v) is 8.20. The van der Waals surface area contributed by atoms with Gasteiger partial charge in [0.05, 0.1) is 10.6 Å². The van der Waals surface area contributed by atoms with Crippen LogP contribution in [0.5, 0.6) is 0 Å². The number of nitrogens with zero attached hydrogens (tertiary/aromatic N) is 1. The normalized spacial score (nSPS) is 16.6. The second kappa shape index (κ2) is 5.79. The van der Waals surface area contributed by atoms with Gasteiger partial charge in [0, 0.05) is 17.9 Å². The van der Waals surface area contributed by atoms with Crippen LogP contribution in [0.3, 0.4) is 0 Å². The van der Waals surface area contributed by atoms with Crippen molar-refractivity contribution in [3.05, 3.63) is 70.6 Å². The van der Waals surface area contributed by atoms with E-state index in [2.05, 4.69) is 9.69 Å². The molecule has 6 heteroatoms. The fraction of sp³-hybridized carbons (Fsp3) is 0.111. The van der Waals surface area contributed by atoms with Crippen LogP contribution in [0.25, 0.3) is 11.3 Å². The quantitative estimate of drug-likeness (QED) is 0.742. The summed E-state index contributed by atoms with van der Waals surface area (Å²) in [4.78, 5) is 13.0. The average Bonchev–Trinajstić information content (AvgIpc) is 2.98. The minimum atomic E-state index is -0.355. The second-order valence-corrected chi connectivity index (χ2v) is 6.44. The molecule has 24 heavy (non-hydrogen) atoms. The highest BCUT2D eigenvalue weighted by atomic mass is 32.1. The van der Waals surface area contributed by atoms with Crippen molar-refractivity contribution >= 4 is 23.1 Å². The Morgan fingerprint density at radius 2 is 1.88 bits per heavy atom. The van der Waals surface area contributed by atoms with Crippen molar-refractivity contribution in [2.24, 2.45) is 0 Å². The Labute approximate surface area is 141 Å². The topological polar surface area (TPSA) is 42.0 Å². The van der Waals surface area contributed by atoms with E-state index in [9.17, 15) is 13.6 Å². The Hall–Kier alpha value is -2.60. The number of aromatic nitrogens is 1. The molecule has 0 unspecified atom stereocenters. The third-order valence-corrected chi connectivity index (χ3v) is 5.02. The SMILES string of the molecule is O=C1C[C@@H](c2ccc(F)cc2)c2snc(-c3cccc(F)c3)c2N1. The number of nitrogens with one attached hydrogen (secondary N) is 1. The highest BCUT2D eigenvalue weighted by Crippen LogP contribution is 2.44. The summed E-state index contributed by atoms with van der Waals surface area (Å²) in [5.41, 5.74) is 2.67. The van der Waals surface area contributed by atoms with Gasteiger partial charge in [-0.2, -0.15) is 4.37 Å². The molecule has 1 aliphatic heterocycles. The smallest absolute Gasteiger partial charge is 0.225 e. The molecule has 0 aliphatic carbocycles. The van der Waals surface area contributed by atoms with Gasteiger partial charge in [0.2, 0.25) is 5.91 Å². The third kappa shape index (κ3) is 2.59. The van der Waals surface area contributed by atoms with Crippen molar-refractivity contribution in [2.75, 3.05) is 5.32 Å². The van der Waals surface area contributed by atoms with E-state index >= 15 is 0 Å². The maximum Gasteiger partial charge on any atom is 0.225 e. The van der Waals surface area contributed by atoms with Crippen molar-refractivity contribution in [3.63, 3.8) is 0 Å². The first-order valence-electron chi connectivity index (χ1n) is 7.42. The van der Waals surface area contributed by atoms with Crippen LogP contribution in [0.2, 0.25) is 0 Å². The average molecular weight is 342 g/mol. The lowest BCUT2D eigenvalue weighted by Crippen LogP contribution is -2.22. The second-order valence-electron chi connectivity index (χ2n) is 5.64. The number of anilines is 1. The Morgan fingerprint density at radius 1 is 1.08 bits per heavy atom. The van der Waals surface area contributed by atoms with Crippen LogP contribution in [0.1, 0.15) is 22.8 Å². The number of carbonyl (C=O) groups is 1. The molecule has 0 saturated heterocycles. The van der Waals surface area contributed by atoms with Crippen molar-refractivity contribution in [1.82, 2.24) is 4.37 Å². The van der Waals surface area contributed by atoms with Crippen LogP contribution >= 0.6 is 11.5 Å². The first kappa shape index (κ1) is 15.0. The molecule has 1 N–H and O–H groups in total. The van der Waals surface area contributed by atoms with Gasteiger partial charge in [0.1, 0.15) is 17.3 Å². The lowest BCUT2D eigenvalue weighted by Gasteiger charge is -2.22. The third-order valence-electron chi connectivity index (χ3n) is 4.06. The van der Waals surface area contributed by atoms with Crippen molar-refractivity contribution in [3.8, 4) is 11.3 Å². The molecule has 1 atom stereocenters. The zero-order valence-electron chi connectivity index (χ0n) is 12.4.